The summed E-state index contributed by atoms with van der Waals surface area (Å²) in [6, 6.07) is 5.66. The number of hydrogen-bond acceptors (Lipinski definition) is 8. The Bertz CT molecular complexity index is 1130. The molecule has 0 radical (unpaired) electrons. The molecule has 0 saturated carbocycles. The molecule has 2 bridgehead atoms. The van der Waals surface area contributed by atoms with Gasteiger partial charge in [0.15, 0.2) is 0 Å². The summed E-state index contributed by atoms with van der Waals surface area (Å²) in [5.74, 6) is -1.55. The maximum atomic E-state index is 13.0. The summed E-state index contributed by atoms with van der Waals surface area (Å²) in [4.78, 5) is 24.8. The number of benzene rings is 1. The van der Waals surface area contributed by atoms with Gasteiger partial charge in [0.25, 0.3) is 0 Å². The van der Waals surface area contributed by atoms with Gasteiger partial charge < -0.3 is 19.3 Å². The minimum atomic E-state index is -3.88. The van der Waals surface area contributed by atoms with Gasteiger partial charge in [0, 0.05) is 5.92 Å². The van der Waals surface area contributed by atoms with Crippen molar-refractivity contribution in [2.45, 2.75) is 62.9 Å². The van der Waals surface area contributed by atoms with Gasteiger partial charge in [-0.15, -0.1) is 0 Å². The van der Waals surface area contributed by atoms with E-state index in [9.17, 15) is 23.1 Å². The number of carbonyl (C=O) groups is 2. The highest BCUT2D eigenvalue weighted by Crippen LogP contribution is 2.21. The predicted octanol–water partition coefficient (Wildman–Crippen LogP) is 2.59. The van der Waals surface area contributed by atoms with E-state index >= 15 is 0 Å². The molecule has 202 valence electrons. The van der Waals surface area contributed by atoms with Crippen molar-refractivity contribution in [3.63, 3.8) is 0 Å². The first-order chi connectivity index (χ1) is 17.5. The summed E-state index contributed by atoms with van der Waals surface area (Å²) >= 11 is 0. The molecule has 0 spiro atoms. The highest BCUT2D eigenvalue weighted by atomic mass is 32.2. The molecule has 0 fully saturated rings. The maximum Gasteiger partial charge on any atom is 0.309 e. The van der Waals surface area contributed by atoms with Gasteiger partial charge in [-0.25, -0.2) is 13.1 Å². The smallest absolute Gasteiger partial charge is 0.309 e. The zero-order chi connectivity index (χ0) is 27.0. The van der Waals surface area contributed by atoms with Gasteiger partial charge >= 0.3 is 11.9 Å². The Morgan fingerprint density at radius 3 is 2.11 bits per heavy atom. The Balaban J connectivity index is 1.77. The van der Waals surface area contributed by atoms with Gasteiger partial charge in [0.05, 0.1) is 29.9 Å². The number of fused-ring (bicyclic) bond motifs is 2. The van der Waals surface area contributed by atoms with Gasteiger partial charge in [0.2, 0.25) is 10.0 Å². The molecule has 0 saturated heterocycles. The first-order valence-electron chi connectivity index (χ1n) is 12.3. The molecule has 3 rings (SSSR count). The van der Waals surface area contributed by atoms with E-state index in [0.717, 1.165) is 5.56 Å². The number of nitrogens with one attached hydrogen (secondary N) is 1. The highest BCUT2D eigenvalue weighted by molar-refractivity contribution is 7.89. The first-order valence-corrected chi connectivity index (χ1v) is 13.8. The molecule has 2 aliphatic rings. The van der Waals surface area contributed by atoms with Crippen molar-refractivity contribution in [3.05, 3.63) is 66.3 Å². The summed E-state index contributed by atoms with van der Waals surface area (Å²) < 4.78 is 45.2. The lowest BCUT2D eigenvalue weighted by Crippen LogP contribution is -2.42. The average Bonchev–Trinajstić information content (AvgIpc) is 2.85. The standard InChI is InChI=1S/C27H35NO8S/c1-18-10-12-21(13-11-18)37(32,33)28-22-16-34-26(30)9-5-7-20(3)24-15-14-23(29)25(36-24)17-35-27(31)8-4-6-19(22)2/h4-7,10-15,19-20,22-25,28-29H,8-9,16-17H2,1-3H3/b6-4+,7-5+/t19-,20-,22+,23+,24-,25-/m1/s1. The molecule has 2 aliphatic heterocycles. The predicted molar refractivity (Wildman–Crippen MR) is 137 cm³/mol. The van der Waals surface area contributed by atoms with Crippen molar-refractivity contribution in [1.82, 2.24) is 4.72 Å². The van der Waals surface area contributed by atoms with Crippen LogP contribution in [0.1, 0.15) is 32.3 Å². The van der Waals surface area contributed by atoms with Crippen LogP contribution in [0.3, 0.4) is 0 Å². The molecule has 6 atom stereocenters. The lowest BCUT2D eigenvalue weighted by Gasteiger charge is -2.31. The Kier molecular flexibility index (Phi) is 10.2. The van der Waals surface area contributed by atoms with Gasteiger partial charge in [0.1, 0.15) is 25.4 Å². The van der Waals surface area contributed by atoms with Gasteiger partial charge in [-0.3, -0.25) is 9.59 Å². The fraction of sp³-hybridized carbons (Fsp3) is 0.481. The lowest BCUT2D eigenvalue weighted by atomic mass is 9.99. The number of aliphatic hydroxyl groups excluding tert-OH is 1. The van der Waals surface area contributed by atoms with E-state index < -0.39 is 46.1 Å². The van der Waals surface area contributed by atoms with Crippen molar-refractivity contribution in [2.24, 2.45) is 11.8 Å². The second-order valence-corrected chi connectivity index (χ2v) is 11.1. The van der Waals surface area contributed by atoms with Crippen LogP contribution >= 0.6 is 0 Å². The Morgan fingerprint density at radius 1 is 0.865 bits per heavy atom. The number of ether oxygens (including phenoxy) is 3. The quantitative estimate of drug-likeness (QED) is 0.448. The zero-order valence-electron chi connectivity index (χ0n) is 21.3. The van der Waals surface area contributed by atoms with E-state index in [1.54, 1.807) is 49.4 Å². The summed E-state index contributed by atoms with van der Waals surface area (Å²) in [6.45, 7) is 5.23. The molecule has 0 aromatic heterocycles. The fourth-order valence-electron chi connectivity index (χ4n) is 3.87. The van der Waals surface area contributed by atoms with Crippen LogP contribution in [0.5, 0.6) is 0 Å². The average molecular weight is 534 g/mol. The van der Waals surface area contributed by atoms with Crippen LogP contribution < -0.4 is 4.72 Å². The van der Waals surface area contributed by atoms with E-state index in [-0.39, 0.29) is 43.0 Å². The molecule has 0 unspecified atom stereocenters. The molecule has 1 aromatic rings. The molecule has 1 aromatic carbocycles. The van der Waals surface area contributed by atoms with E-state index in [1.165, 1.54) is 12.1 Å². The SMILES string of the molecule is Cc1ccc(S(=O)(=O)N[C@H]2COC(=O)C/C=C/[C@@H](C)[C@H]3C=C[C@H](O)[C@@H](COC(=O)C/C=C/[C@H]2C)O3)cc1. The molecule has 10 heteroatoms. The van der Waals surface area contributed by atoms with E-state index in [1.807, 2.05) is 19.9 Å². The Labute approximate surface area is 218 Å². The molecule has 37 heavy (non-hydrogen) atoms. The van der Waals surface area contributed by atoms with E-state index in [2.05, 4.69) is 4.72 Å². The number of aliphatic hydroxyl groups is 1. The number of esters is 2. The normalized spacial score (nSPS) is 31.9. The second-order valence-electron chi connectivity index (χ2n) is 9.40. The summed E-state index contributed by atoms with van der Waals surface area (Å²) in [7, 11) is -3.88. The fourth-order valence-corrected chi connectivity index (χ4v) is 5.18. The van der Waals surface area contributed by atoms with Crippen LogP contribution in [0, 0.1) is 18.8 Å². The second kappa shape index (κ2) is 13.1. The largest absolute Gasteiger partial charge is 0.464 e. The third-order valence-electron chi connectivity index (χ3n) is 6.28. The number of rotatable bonds is 3. The Hall–Kier alpha value is -2.79. The number of hydrogen-bond donors (Lipinski definition) is 2. The molecule has 2 heterocycles. The number of sulfonamides is 1. The topological polar surface area (TPSA) is 128 Å². The third kappa shape index (κ3) is 8.63. The van der Waals surface area contributed by atoms with Gasteiger partial charge in [-0.05, 0) is 25.0 Å². The number of carbonyl (C=O) groups excluding carboxylic acids is 2. The molecular formula is C27H35NO8S. The van der Waals surface area contributed by atoms with Crippen LogP contribution in [0.25, 0.3) is 0 Å². The van der Waals surface area contributed by atoms with Crippen LogP contribution in [-0.4, -0.2) is 63.0 Å². The van der Waals surface area contributed by atoms with Crippen molar-refractivity contribution in [2.75, 3.05) is 13.2 Å². The Morgan fingerprint density at radius 2 is 1.46 bits per heavy atom. The summed E-state index contributed by atoms with van der Waals surface area (Å²) in [6.07, 6.45) is 8.07. The minimum absolute atomic E-state index is 0.00604. The molecule has 9 nitrogen and oxygen atoms in total. The van der Waals surface area contributed by atoms with Crippen molar-refractivity contribution < 1.29 is 37.3 Å². The first kappa shape index (κ1) is 28.8. The molecular weight excluding hydrogens is 498 g/mol. The molecule has 0 aliphatic carbocycles. The van der Waals surface area contributed by atoms with E-state index in [4.69, 9.17) is 14.2 Å². The lowest BCUT2D eigenvalue weighted by molar-refractivity contribution is -0.153. The van der Waals surface area contributed by atoms with Gasteiger partial charge in [-0.2, -0.15) is 0 Å². The zero-order valence-corrected chi connectivity index (χ0v) is 22.1. The minimum Gasteiger partial charge on any atom is -0.464 e. The van der Waals surface area contributed by atoms with Crippen LogP contribution in [0.4, 0.5) is 0 Å². The third-order valence-corrected chi connectivity index (χ3v) is 7.79. The molecule has 0 amide bonds. The van der Waals surface area contributed by atoms with Crippen molar-refractivity contribution in [1.29, 1.82) is 0 Å². The number of aryl methyl sites for hydroxylation is 1. The van der Waals surface area contributed by atoms with Crippen LogP contribution in [-0.2, 0) is 33.8 Å². The summed E-state index contributed by atoms with van der Waals surface area (Å²) in [5.41, 5.74) is 0.926. The monoisotopic (exact) mass is 533 g/mol. The van der Waals surface area contributed by atoms with E-state index in [0.29, 0.717) is 0 Å². The van der Waals surface area contributed by atoms with Crippen LogP contribution in [0.15, 0.2) is 65.6 Å². The van der Waals surface area contributed by atoms with Gasteiger partial charge in [-0.1, -0.05) is 68.0 Å². The van der Waals surface area contributed by atoms with Crippen molar-refractivity contribution in [3.8, 4) is 0 Å². The maximum absolute atomic E-state index is 13.0. The molecule has 2 N–H and O–H groups in total. The number of cyclic esters (lactones) is 2. The summed E-state index contributed by atoms with van der Waals surface area (Å²) in [5, 5.41) is 10.2. The highest BCUT2D eigenvalue weighted by Gasteiger charge is 2.29. The van der Waals surface area contributed by atoms with Crippen molar-refractivity contribution >= 4 is 22.0 Å². The van der Waals surface area contributed by atoms with Crippen LogP contribution in [0.2, 0.25) is 0 Å².